The van der Waals surface area contributed by atoms with Crippen molar-refractivity contribution in [3.8, 4) is 0 Å². The summed E-state index contributed by atoms with van der Waals surface area (Å²) in [5.41, 5.74) is 1.27. The van der Waals surface area contributed by atoms with Gasteiger partial charge in [-0.3, -0.25) is 4.79 Å². The largest absolute Gasteiger partial charge is 0.469 e. The van der Waals surface area contributed by atoms with Crippen LogP contribution in [0.4, 0.5) is 0 Å². The van der Waals surface area contributed by atoms with E-state index in [0.717, 1.165) is 12.8 Å². The van der Waals surface area contributed by atoms with Crippen LogP contribution in [0.15, 0.2) is 24.3 Å². The Kier molecular flexibility index (Phi) is 3.80. The van der Waals surface area contributed by atoms with Crippen molar-refractivity contribution in [1.82, 2.24) is 5.32 Å². The standard InChI is InChI=1S/C15H18INO2/c1-19-15(18)14-12(8-11-6-7-13(14)17-11)9-2-4-10(16)5-3-9/h2-5,11-14,17H,6-8H2,1H3/t11-,12?,13?,14+/m1/s1. The molecule has 0 saturated carbocycles. The van der Waals surface area contributed by atoms with Crippen molar-refractivity contribution < 1.29 is 9.53 Å². The lowest BCUT2D eigenvalue weighted by Gasteiger charge is -2.36. The predicted molar refractivity (Wildman–Crippen MR) is 82.0 cm³/mol. The Labute approximate surface area is 127 Å². The van der Waals surface area contributed by atoms with Gasteiger partial charge in [-0.1, -0.05) is 12.1 Å². The highest BCUT2D eigenvalue weighted by Gasteiger charge is 2.46. The minimum atomic E-state index is -0.0681. The number of hydrogen-bond donors (Lipinski definition) is 1. The molecule has 3 rings (SSSR count). The summed E-state index contributed by atoms with van der Waals surface area (Å²) in [5, 5.41) is 3.56. The fourth-order valence-corrected chi connectivity index (χ4v) is 3.93. The van der Waals surface area contributed by atoms with E-state index in [-0.39, 0.29) is 17.9 Å². The first-order valence-corrected chi connectivity index (χ1v) is 7.86. The predicted octanol–water partition coefficient (Wildman–Crippen LogP) is 2.69. The number of carbonyl (C=O) groups is 1. The highest BCUT2D eigenvalue weighted by molar-refractivity contribution is 14.1. The van der Waals surface area contributed by atoms with E-state index in [4.69, 9.17) is 4.74 Å². The number of methoxy groups -OCH3 is 1. The molecule has 0 amide bonds. The van der Waals surface area contributed by atoms with Crippen molar-refractivity contribution in [3.05, 3.63) is 33.4 Å². The van der Waals surface area contributed by atoms with Crippen LogP contribution in [0.3, 0.4) is 0 Å². The third-order valence-electron chi connectivity index (χ3n) is 4.45. The number of benzene rings is 1. The number of ether oxygens (including phenoxy) is 1. The Hall–Kier alpha value is -0.620. The Balaban J connectivity index is 1.92. The van der Waals surface area contributed by atoms with Gasteiger partial charge in [0.15, 0.2) is 0 Å². The average Bonchev–Trinajstić information content (AvgIpc) is 2.80. The zero-order chi connectivity index (χ0) is 13.4. The fraction of sp³-hybridized carbons (Fsp3) is 0.533. The molecule has 0 spiro atoms. The Bertz CT molecular complexity index is 474. The molecule has 2 bridgehead atoms. The van der Waals surface area contributed by atoms with Gasteiger partial charge in [0.2, 0.25) is 0 Å². The summed E-state index contributed by atoms with van der Waals surface area (Å²) in [6.45, 7) is 0. The van der Waals surface area contributed by atoms with E-state index >= 15 is 0 Å². The number of fused-ring (bicyclic) bond motifs is 2. The normalized spacial score (nSPS) is 33.2. The molecule has 2 heterocycles. The lowest BCUT2D eigenvalue weighted by Crippen LogP contribution is -2.48. The van der Waals surface area contributed by atoms with Crippen molar-refractivity contribution in [1.29, 1.82) is 0 Å². The maximum atomic E-state index is 12.1. The van der Waals surface area contributed by atoms with Gasteiger partial charge in [-0.25, -0.2) is 0 Å². The van der Waals surface area contributed by atoms with Crippen LogP contribution >= 0.6 is 22.6 Å². The molecular weight excluding hydrogens is 353 g/mol. The number of piperidine rings is 1. The number of nitrogens with one attached hydrogen (secondary N) is 1. The molecule has 0 aliphatic carbocycles. The maximum Gasteiger partial charge on any atom is 0.310 e. The van der Waals surface area contributed by atoms with Gasteiger partial charge >= 0.3 is 5.97 Å². The number of rotatable bonds is 2. The molecule has 102 valence electrons. The molecule has 2 aliphatic rings. The lowest BCUT2D eigenvalue weighted by molar-refractivity contribution is -0.148. The molecule has 2 unspecified atom stereocenters. The molecule has 1 aromatic carbocycles. The van der Waals surface area contributed by atoms with Crippen LogP contribution in [0.25, 0.3) is 0 Å². The highest BCUT2D eigenvalue weighted by atomic mass is 127. The summed E-state index contributed by atoms with van der Waals surface area (Å²) < 4.78 is 6.26. The van der Waals surface area contributed by atoms with E-state index < -0.39 is 0 Å². The SMILES string of the molecule is COC(=O)[C@@H]1C2CC[C@H](CC1c1ccc(I)cc1)N2. The molecule has 1 aromatic rings. The van der Waals surface area contributed by atoms with Gasteiger partial charge < -0.3 is 10.1 Å². The van der Waals surface area contributed by atoms with Crippen molar-refractivity contribution in [2.24, 2.45) is 5.92 Å². The van der Waals surface area contributed by atoms with Gasteiger partial charge in [-0.15, -0.1) is 0 Å². The Morgan fingerprint density at radius 2 is 2.05 bits per heavy atom. The summed E-state index contributed by atoms with van der Waals surface area (Å²) in [4.78, 5) is 12.1. The number of esters is 1. The van der Waals surface area contributed by atoms with Crippen molar-refractivity contribution in [2.75, 3.05) is 7.11 Å². The number of halogens is 1. The maximum absolute atomic E-state index is 12.1. The van der Waals surface area contributed by atoms with Gasteiger partial charge in [0.1, 0.15) is 0 Å². The third-order valence-corrected chi connectivity index (χ3v) is 5.17. The second-order valence-corrected chi connectivity index (χ2v) is 6.74. The molecule has 1 N–H and O–H groups in total. The first-order valence-electron chi connectivity index (χ1n) is 6.78. The highest BCUT2D eigenvalue weighted by Crippen LogP contribution is 2.42. The van der Waals surface area contributed by atoms with Crippen LogP contribution < -0.4 is 5.32 Å². The Morgan fingerprint density at radius 3 is 2.74 bits per heavy atom. The van der Waals surface area contributed by atoms with Crippen molar-refractivity contribution >= 4 is 28.6 Å². The minimum absolute atomic E-state index is 0.0381. The quantitative estimate of drug-likeness (QED) is 0.642. The third kappa shape index (κ3) is 2.52. The molecule has 4 atom stereocenters. The minimum Gasteiger partial charge on any atom is -0.469 e. The second-order valence-electron chi connectivity index (χ2n) is 5.49. The van der Waals surface area contributed by atoms with Crippen LogP contribution in [0, 0.1) is 9.49 Å². The van der Waals surface area contributed by atoms with Crippen LogP contribution in [-0.4, -0.2) is 25.2 Å². The first-order chi connectivity index (χ1) is 9.19. The van der Waals surface area contributed by atoms with Crippen LogP contribution in [-0.2, 0) is 9.53 Å². The molecule has 2 saturated heterocycles. The molecule has 19 heavy (non-hydrogen) atoms. The van der Waals surface area contributed by atoms with Gasteiger partial charge in [0, 0.05) is 21.6 Å². The van der Waals surface area contributed by atoms with Crippen molar-refractivity contribution in [3.63, 3.8) is 0 Å². The lowest BCUT2D eigenvalue weighted by atomic mass is 9.77. The smallest absolute Gasteiger partial charge is 0.310 e. The molecule has 2 fully saturated rings. The van der Waals surface area contributed by atoms with E-state index in [1.54, 1.807) is 0 Å². The van der Waals surface area contributed by atoms with Crippen LogP contribution in [0.1, 0.15) is 30.7 Å². The van der Waals surface area contributed by atoms with Crippen LogP contribution in [0.5, 0.6) is 0 Å². The van der Waals surface area contributed by atoms with Crippen molar-refractivity contribution in [2.45, 2.75) is 37.3 Å². The second kappa shape index (κ2) is 5.40. The van der Waals surface area contributed by atoms with E-state index in [0.29, 0.717) is 12.0 Å². The summed E-state index contributed by atoms with van der Waals surface area (Å²) in [7, 11) is 1.49. The fourth-order valence-electron chi connectivity index (χ4n) is 3.57. The molecule has 2 aliphatic heterocycles. The summed E-state index contributed by atoms with van der Waals surface area (Å²) >= 11 is 2.31. The van der Waals surface area contributed by atoms with E-state index in [1.165, 1.54) is 22.7 Å². The molecular formula is C15H18INO2. The van der Waals surface area contributed by atoms with Gasteiger partial charge in [0.25, 0.3) is 0 Å². The molecule has 0 aromatic heterocycles. The van der Waals surface area contributed by atoms with E-state index in [9.17, 15) is 4.79 Å². The monoisotopic (exact) mass is 371 g/mol. The number of carbonyl (C=O) groups excluding carboxylic acids is 1. The average molecular weight is 371 g/mol. The van der Waals surface area contributed by atoms with Gasteiger partial charge in [-0.05, 0) is 59.5 Å². The summed E-state index contributed by atoms with van der Waals surface area (Å²) in [6.07, 6.45) is 3.31. The zero-order valence-electron chi connectivity index (χ0n) is 10.9. The van der Waals surface area contributed by atoms with Gasteiger partial charge in [-0.2, -0.15) is 0 Å². The zero-order valence-corrected chi connectivity index (χ0v) is 13.1. The van der Waals surface area contributed by atoms with Crippen LogP contribution in [0.2, 0.25) is 0 Å². The summed E-state index contributed by atoms with van der Waals surface area (Å²) in [6, 6.07) is 9.41. The first kappa shape index (κ1) is 13.4. The Morgan fingerprint density at radius 1 is 1.32 bits per heavy atom. The molecule has 0 radical (unpaired) electrons. The van der Waals surface area contributed by atoms with E-state index in [1.807, 2.05) is 0 Å². The molecule has 4 heteroatoms. The molecule has 3 nitrogen and oxygen atoms in total. The number of hydrogen-bond acceptors (Lipinski definition) is 3. The van der Waals surface area contributed by atoms with Gasteiger partial charge in [0.05, 0.1) is 13.0 Å². The van der Waals surface area contributed by atoms with E-state index in [2.05, 4.69) is 52.2 Å². The summed E-state index contributed by atoms with van der Waals surface area (Å²) in [5.74, 6) is 0.188. The topological polar surface area (TPSA) is 38.3 Å².